The lowest BCUT2D eigenvalue weighted by molar-refractivity contribution is 0.0699. The summed E-state index contributed by atoms with van der Waals surface area (Å²) in [7, 11) is 1.65. The molecule has 32 heavy (non-hydrogen) atoms. The number of carboxylic acids is 1. The van der Waals surface area contributed by atoms with Crippen LogP contribution in [0, 0.1) is 0 Å². The number of carboxylic acid groups (broad SMARTS) is 1. The first-order valence-electron chi connectivity index (χ1n) is 10.1. The largest absolute Gasteiger partial charge is 0.497 e. The van der Waals surface area contributed by atoms with Crippen LogP contribution >= 0.6 is 0 Å². The number of benzene rings is 3. The minimum Gasteiger partial charge on any atom is -0.497 e. The van der Waals surface area contributed by atoms with E-state index in [0.29, 0.717) is 17.7 Å². The van der Waals surface area contributed by atoms with Crippen molar-refractivity contribution in [2.75, 3.05) is 12.4 Å². The summed E-state index contributed by atoms with van der Waals surface area (Å²) in [5.41, 5.74) is 2.96. The molecule has 5 rings (SSSR count). The third-order valence-corrected chi connectivity index (χ3v) is 5.37. The smallest absolute Gasteiger partial charge is 0.336 e. The van der Waals surface area contributed by atoms with Gasteiger partial charge in [0.2, 0.25) is 0 Å². The molecule has 5 aromatic rings. The average molecular weight is 424 g/mol. The van der Waals surface area contributed by atoms with Crippen molar-refractivity contribution in [3.8, 4) is 5.75 Å². The number of fused-ring (bicyclic) bond motifs is 2. The van der Waals surface area contributed by atoms with Crippen LogP contribution in [0.2, 0.25) is 0 Å². The second kappa shape index (κ2) is 8.03. The molecule has 2 N–H and O–H groups in total. The van der Waals surface area contributed by atoms with E-state index in [0.717, 1.165) is 33.4 Å². The van der Waals surface area contributed by atoms with Crippen LogP contribution in [0.4, 0.5) is 11.5 Å². The molecular formula is C25H20N4O3. The maximum atomic E-state index is 11.5. The molecule has 3 aromatic carbocycles. The topological polar surface area (TPSA) is 89.3 Å². The van der Waals surface area contributed by atoms with E-state index < -0.39 is 5.97 Å². The van der Waals surface area contributed by atoms with Crippen molar-refractivity contribution in [3.63, 3.8) is 0 Å². The monoisotopic (exact) mass is 424 g/mol. The minimum atomic E-state index is -0.939. The quantitative estimate of drug-likeness (QED) is 0.395. The molecule has 0 aliphatic carbocycles. The molecule has 0 atom stereocenters. The molecule has 0 aliphatic heterocycles. The molecule has 0 radical (unpaired) electrons. The summed E-state index contributed by atoms with van der Waals surface area (Å²) in [6.45, 7) is 0.568. The summed E-state index contributed by atoms with van der Waals surface area (Å²) in [4.78, 5) is 16.0. The zero-order valence-electron chi connectivity index (χ0n) is 17.3. The number of carbonyl (C=O) groups is 1. The van der Waals surface area contributed by atoms with Gasteiger partial charge < -0.3 is 15.2 Å². The molecule has 7 heteroatoms. The molecule has 0 bridgehead atoms. The maximum Gasteiger partial charge on any atom is 0.336 e. The van der Waals surface area contributed by atoms with Gasteiger partial charge in [-0.3, -0.25) is 0 Å². The van der Waals surface area contributed by atoms with Gasteiger partial charge in [-0.25, -0.2) is 14.5 Å². The van der Waals surface area contributed by atoms with E-state index in [1.807, 2.05) is 65.3 Å². The third-order valence-electron chi connectivity index (χ3n) is 5.37. The predicted molar refractivity (Wildman–Crippen MR) is 124 cm³/mol. The summed E-state index contributed by atoms with van der Waals surface area (Å²) in [5.74, 6) is 0.558. The number of rotatable bonds is 6. The standard InChI is InChI=1S/C25H20N4O3/c1-32-19-10-7-16(8-11-19)15-29-24-22(6-3-13-26-24)23(28-29)27-18-9-12-20-17(14-18)4-2-5-21(20)25(30)31/h2-14H,15H2,1H3,(H,27,28)(H,30,31). The highest BCUT2D eigenvalue weighted by Gasteiger charge is 2.13. The first-order valence-corrected chi connectivity index (χ1v) is 10.1. The van der Waals surface area contributed by atoms with E-state index in [2.05, 4.69) is 10.3 Å². The molecule has 0 unspecified atom stereocenters. The normalized spacial score (nSPS) is 11.0. The molecule has 158 valence electrons. The van der Waals surface area contributed by atoms with Crippen LogP contribution in [0.25, 0.3) is 21.8 Å². The molecule has 0 saturated heterocycles. The van der Waals surface area contributed by atoms with Crippen molar-refractivity contribution in [3.05, 3.63) is 90.1 Å². The lowest BCUT2D eigenvalue weighted by Gasteiger charge is -2.07. The Balaban J connectivity index is 1.50. The highest BCUT2D eigenvalue weighted by Crippen LogP contribution is 2.28. The second-order valence-electron chi connectivity index (χ2n) is 7.40. The summed E-state index contributed by atoms with van der Waals surface area (Å²) < 4.78 is 7.10. The number of nitrogens with one attached hydrogen (secondary N) is 1. The van der Waals surface area contributed by atoms with Crippen LogP contribution in [-0.4, -0.2) is 33.0 Å². The number of nitrogens with zero attached hydrogens (tertiary/aromatic N) is 3. The summed E-state index contributed by atoms with van der Waals surface area (Å²) in [6.07, 6.45) is 1.75. The molecule has 0 amide bonds. The fourth-order valence-electron chi connectivity index (χ4n) is 3.80. The maximum absolute atomic E-state index is 11.5. The highest BCUT2D eigenvalue weighted by atomic mass is 16.5. The Morgan fingerprint density at radius 3 is 2.66 bits per heavy atom. The fraction of sp³-hybridized carbons (Fsp3) is 0.0800. The van der Waals surface area contributed by atoms with Crippen LogP contribution in [-0.2, 0) is 6.54 Å². The van der Waals surface area contributed by atoms with Crippen molar-refractivity contribution in [2.45, 2.75) is 6.54 Å². The van der Waals surface area contributed by atoms with Gasteiger partial charge in [0, 0.05) is 11.9 Å². The Hall–Kier alpha value is -4.39. The van der Waals surface area contributed by atoms with E-state index >= 15 is 0 Å². The number of aromatic carboxylic acids is 1. The van der Waals surface area contributed by atoms with Gasteiger partial charge in [0.25, 0.3) is 0 Å². The van der Waals surface area contributed by atoms with Crippen LogP contribution in [0.15, 0.2) is 79.0 Å². The van der Waals surface area contributed by atoms with Gasteiger partial charge in [-0.1, -0.05) is 30.3 Å². The van der Waals surface area contributed by atoms with Crippen molar-refractivity contribution in [1.29, 1.82) is 0 Å². The molecule has 0 saturated carbocycles. The number of ether oxygens (including phenoxy) is 1. The summed E-state index contributed by atoms with van der Waals surface area (Å²) >= 11 is 0. The molecule has 0 aliphatic rings. The van der Waals surface area contributed by atoms with Crippen molar-refractivity contribution < 1.29 is 14.6 Å². The zero-order valence-corrected chi connectivity index (χ0v) is 17.3. The molecular weight excluding hydrogens is 404 g/mol. The Labute approximate surface area is 183 Å². The summed E-state index contributed by atoms with van der Waals surface area (Å²) in [5, 5.41) is 20.0. The van der Waals surface area contributed by atoms with E-state index in [1.54, 1.807) is 25.4 Å². The number of pyridine rings is 1. The lowest BCUT2D eigenvalue weighted by Crippen LogP contribution is -2.03. The van der Waals surface area contributed by atoms with Gasteiger partial charge in [-0.2, -0.15) is 5.10 Å². The van der Waals surface area contributed by atoms with E-state index in [9.17, 15) is 9.90 Å². The second-order valence-corrected chi connectivity index (χ2v) is 7.40. The van der Waals surface area contributed by atoms with E-state index in [4.69, 9.17) is 9.84 Å². The van der Waals surface area contributed by atoms with Gasteiger partial charge in [-0.15, -0.1) is 0 Å². The van der Waals surface area contributed by atoms with E-state index in [-0.39, 0.29) is 5.56 Å². The Kier molecular flexibility index (Phi) is 4.91. The number of methoxy groups -OCH3 is 1. The molecule has 7 nitrogen and oxygen atoms in total. The van der Waals surface area contributed by atoms with Crippen molar-refractivity contribution in [2.24, 2.45) is 0 Å². The minimum absolute atomic E-state index is 0.285. The van der Waals surface area contributed by atoms with Crippen LogP contribution in [0.5, 0.6) is 5.75 Å². The molecule has 0 fully saturated rings. The van der Waals surface area contributed by atoms with Gasteiger partial charge >= 0.3 is 5.97 Å². The molecule has 2 heterocycles. The number of hydrogen-bond donors (Lipinski definition) is 2. The van der Waals surface area contributed by atoms with Gasteiger partial charge in [0.1, 0.15) is 5.75 Å². The number of hydrogen-bond acceptors (Lipinski definition) is 5. The molecule has 0 spiro atoms. The highest BCUT2D eigenvalue weighted by molar-refractivity contribution is 6.04. The van der Waals surface area contributed by atoms with Crippen LogP contribution < -0.4 is 10.1 Å². The third kappa shape index (κ3) is 3.60. The van der Waals surface area contributed by atoms with Gasteiger partial charge in [0.15, 0.2) is 11.5 Å². The predicted octanol–water partition coefficient (Wildman–Crippen LogP) is 5.08. The average Bonchev–Trinajstić information content (AvgIpc) is 3.16. The van der Waals surface area contributed by atoms with Crippen molar-refractivity contribution >= 4 is 39.3 Å². The first-order chi connectivity index (χ1) is 15.6. The lowest BCUT2D eigenvalue weighted by atomic mass is 10.0. The Morgan fingerprint density at radius 1 is 1.03 bits per heavy atom. The number of anilines is 2. The van der Waals surface area contributed by atoms with E-state index in [1.165, 1.54) is 0 Å². The van der Waals surface area contributed by atoms with Crippen molar-refractivity contribution in [1.82, 2.24) is 14.8 Å². The Bertz CT molecular complexity index is 1440. The van der Waals surface area contributed by atoms with Gasteiger partial charge in [-0.05, 0) is 58.8 Å². The Morgan fingerprint density at radius 2 is 1.88 bits per heavy atom. The first kappa shape index (κ1) is 19.6. The molecule has 2 aromatic heterocycles. The van der Waals surface area contributed by atoms with Crippen LogP contribution in [0.1, 0.15) is 15.9 Å². The SMILES string of the molecule is COc1ccc(Cn2nc(Nc3ccc4c(C(=O)O)cccc4c3)c3cccnc32)cc1. The zero-order chi connectivity index (χ0) is 22.1. The van der Waals surface area contributed by atoms with Gasteiger partial charge in [0.05, 0.1) is 24.6 Å². The number of aromatic nitrogens is 3. The fourth-order valence-corrected chi connectivity index (χ4v) is 3.80. The summed E-state index contributed by atoms with van der Waals surface area (Å²) in [6, 6.07) is 22.6. The van der Waals surface area contributed by atoms with Crippen LogP contribution in [0.3, 0.4) is 0 Å².